The third kappa shape index (κ3) is 14.9. The Labute approximate surface area is 348 Å². The summed E-state index contributed by atoms with van der Waals surface area (Å²) in [4.78, 5) is 83.1. The molecule has 2 amide bonds. The van der Waals surface area contributed by atoms with Crippen molar-refractivity contribution in [3.05, 3.63) is 42.1 Å². The number of benzene rings is 1. The molecule has 22 heteroatoms. The molecule has 332 valence electrons. The smallest absolute Gasteiger partial charge is 0.435 e. The van der Waals surface area contributed by atoms with Crippen molar-refractivity contribution in [2.24, 2.45) is 0 Å². The third-order valence-electron chi connectivity index (χ3n) is 8.93. The summed E-state index contributed by atoms with van der Waals surface area (Å²) < 4.78 is 56.3. The molecular weight excluding hydrogens is 811 g/mol. The van der Waals surface area contributed by atoms with E-state index in [0.717, 1.165) is 12.8 Å². The second-order valence-corrected chi connectivity index (χ2v) is 15.5. The molecule has 21 nitrogen and oxygen atoms in total. The fourth-order valence-electron chi connectivity index (χ4n) is 6.03. The Morgan fingerprint density at radius 2 is 1.48 bits per heavy atom. The van der Waals surface area contributed by atoms with Gasteiger partial charge in [-0.1, -0.05) is 43.7 Å². The van der Waals surface area contributed by atoms with Crippen molar-refractivity contribution >= 4 is 43.7 Å². The lowest BCUT2D eigenvalue weighted by molar-refractivity contribution is -0.157. The summed E-state index contributed by atoms with van der Waals surface area (Å²) in [5.74, 6) is -0.892. The van der Waals surface area contributed by atoms with Crippen molar-refractivity contribution in [1.82, 2.24) is 25.2 Å². The van der Waals surface area contributed by atoms with Gasteiger partial charge in [0.25, 0.3) is 5.91 Å². The normalized spacial score (nSPS) is 18.0. The Morgan fingerprint density at radius 3 is 2.05 bits per heavy atom. The Bertz CT molecular complexity index is 1750. The SMILES string of the molecule is CCCCOC(=O)ON1CCN(C(=O)C(CP(=O)(OC(C)OC(=O)OCC)O[C@H](C)OC(=O)OCC)NC(=O)c2cc(N3CC[C@H](OC)C3)nc(-c3ccccc3)n2)CC1. The lowest BCUT2D eigenvalue weighted by atomic mass is 10.2. The Balaban J connectivity index is 1.67. The van der Waals surface area contributed by atoms with Gasteiger partial charge in [-0.3, -0.25) is 23.2 Å². The molecular formula is C38H55N6O15P. The standard InChI is InChI=1S/C38H55N6O15P/c1-7-10-22-54-38(49)57-44-20-18-42(19-21-44)35(46)31(25-60(50,58-26(4)55-36(47)52-8-2)59-27(5)56-37(48)53-9-3)40-34(45)30-23-32(43-17-16-29(24-43)51-6)41-33(39-30)28-14-12-11-13-15-28/h11-15,23,26-27,29,31H,7-10,16-22,24-25H2,1-6H3,(H,40,45)/t26-,27?,29+,31?,60?/m1/s1. The molecule has 0 saturated carbocycles. The van der Waals surface area contributed by atoms with Crippen LogP contribution in [0.3, 0.4) is 0 Å². The van der Waals surface area contributed by atoms with Crippen LogP contribution in [0, 0.1) is 0 Å². The second-order valence-electron chi connectivity index (χ2n) is 13.5. The number of hydroxylamine groups is 2. The zero-order chi connectivity index (χ0) is 43.7. The van der Waals surface area contributed by atoms with Crippen LogP contribution in [0.4, 0.5) is 20.2 Å². The summed E-state index contributed by atoms with van der Waals surface area (Å²) in [5.41, 5.74) is 0.502. The van der Waals surface area contributed by atoms with Crippen LogP contribution in [-0.2, 0) is 51.7 Å². The number of carbonyl (C=O) groups is 5. The van der Waals surface area contributed by atoms with Crippen molar-refractivity contribution < 1.29 is 70.8 Å². The van der Waals surface area contributed by atoms with E-state index in [0.29, 0.717) is 30.9 Å². The Kier molecular flexibility index (Phi) is 18.8. The number of hydrogen-bond donors (Lipinski definition) is 1. The molecule has 60 heavy (non-hydrogen) atoms. The van der Waals surface area contributed by atoms with Gasteiger partial charge in [0.05, 0.1) is 45.2 Å². The van der Waals surface area contributed by atoms with E-state index in [4.69, 9.17) is 47.3 Å². The average Bonchev–Trinajstić information content (AvgIpc) is 3.70. The molecule has 0 aliphatic carbocycles. The van der Waals surface area contributed by atoms with E-state index in [2.05, 4.69) is 10.3 Å². The van der Waals surface area contributed by atoms with Crippen LogP contribution in [-0.4, -0.2) is 147 Å². The maximum Gasteiger partial charge on any atom is 0.527 e. The quantitative estimate of drug-likeness (QED) is 0.0622. The van der Waals surface area contributed by atoms with Gasteiger partial charge in [0, 0.05) is 44.9 Å². The molecule has 5 atom stereocenters. The fourth-order valence-corrected chi connectivity index (χ4v) is 7.94. The first-order chi connectivity index (χ1) is 28.8. The van der Waals surface area contributed by atoms with E-state index in [1.165, 1.54) is 29.9 Å². The Morgan fingerprint density at radius 1 is 0.850 bits per heavy atom. The van der Waals surface area contributed by atoms with Crippen molar-refractivity contribution in [2.75, 3.05) is 77.3 Å². The lowest BCUT2D eigenvalue weighted by Gasteiger charge is -2.35. The van der Waals surface area contributed by atoms with Crippen molar-refractivity contribution in [3.8, 4) is 11.4 Å². The molecule has 1 aromatic carbocycles. The summed E-state index contributed by atoms with van der Waals surface area (Å²) in [6.07, 6.45) is -5.03. The number of anilines is 1. The number of rotatable bonds is 20. The molecule has 2 saturated heterocycles. The van der Waals surface area contributed by atoms with Crippen molar-refractivity contribution in [2.45, 2.75) is 78.6 Å². The van der Waals surface area contributed by atoms with E-state index < -0.39 is 62.7 Å². The largest absolute Gasteiger partial charge is 0.527 e. The van der Waals surface area contributed by atoms with Crippen LogP contribution >= 0.6 is 7.60 Å². The van der Waals surface area contributed by atoms with Gasteiger partial charge in [-0.15, -0.1) is 5.06 Å². The monoisotopic (exact) mass is 866 g/mol. The molecule has 1 N–H and O–H groups in total. The highest BCUT2D eigenvalue weighted by Crippen LogP contribution is 2.51. The minimum atomic E-state index is -4.71. The molecule has 3 heterocycles. The molecule has 2 aromatic rings. The first kappa shape index (κ1) is 47.6. The zero-order valence-electron chi connectivity index (χ0n) is 34.8. The van der Waals surface area contributed by atoms with Crippen molar-refractivity contribution in [3.63, 3.8) is 0 Å². The summed E-state index contributed by atoms with van der Waals surface area (Å²) in [5, 5.41) is 4.00. The lowest BCUT2D eigenvalue weighted by Crippen LogP contribution is -2.56. The molecule has 3 unspecified atom stereocenters. The number of ether oxygens (including phenoxy) is 6. The van der Waals surface area contributed by atoms with E-state index >= 15 is 0 Å². The van der Waals surface area contributed by atoms with Crippen molar-refractivity contribution in [1.29, 1.82) is 0 Å². The molecule has 0 bridgehead atoms. The van der Waals surface area contributed by atoms with Crippen LogP contribution in [0.2, 0.25) is 0 Å². The van der Waals surface area contributed by atoms with Crippen LogP contribution in [0.15, 0.2) is 36.4 Å². The Hall–Kier alpha value is -5.08. The molecule has 2 aliphatic rings. The van der Waals surface area contributed by atoms with E-state index in [1.807, 2.05) is 17.9 Å². The van der Waals surface area contributed by atoms with E-state index in [-0.39, 0.29) is 63.6 Å². The predicted octanol–water partition coefficient (Wildman–Crippen LogP) is 4.74. The van der Waals surface area contributed by atoms with Gasteiger partial charge in [0.2, 0.25) is 18.5 Å². The molecule has 4 rings (SSSR count). The molecule has 2 fully saturated rings. The number of hydrogen-bond acceptors (Lipinski definition) is 19. The minimum Gasteiger partial charge on any atom is -0.435 e. The van der Waals surface area contributed by atoms with Crippen LogP contribution in [0.1, 0.15) is 64.4 Å². The van der Waals surface area contributed by atoms with Gasteiger partial charge >= 0.3 is 26.1 Å². The maximum atomic E-state index is 14.7. The summed E-state index contributed by atoms with van der Waals surface area (Å²) in [6, 6.07) is 8.82. The average molecular weight is 867 g/mol. The summed E-state index contributed by atoms with van der Waals surface area (Å²) >= 11 is 0. The number of unbranched alkanes of at least 4 members (excludes halogenated alkanes) is 1. The number of piperazine rings is 1. The number of carbonyl (C=O) groups excluding carboxylic acids is 5. The third-order valence-corrected chi connectivity index (χ3v) is 11.0. The van der Waals surface area contributed by atoms with Gasteiger partial charge in [0.1, 0.15) is 17.6 Å². The van der Waals surface area contributed by atoms with Gasteiger partial charge in [-0.05, 0) is 40.5 Å². The number of aromatic nitrogens is 2. The van der Waals surface area contributed by atoms with Gasteiger partial charge < -0.3 is 48.4 Å². The molecule has 2 aliphatic heterocycles. The first-order valence-electron chi connectivity index (χ1n) is 19.8. The number of methoxy groups -OCH3 is 1. The highest BCUT2D eigenvalue weighted by molar-refractivity contribution is 7.54. The second kappa shape index (κ2) is 23.6. The summed E-state index contributed by atoms with van der Waals surface area (Å²) in [7, 11) is -3.09. The van der Waals surface area contributed by atoms with Crippen LogP contribution < -0.4 is 10.2 Å². The topological polar surface area (TPSA) is 233 Å². The summed E-state index contributed by atoms with van der Waals surface area (Å²) in [6.45, 7) is 8.88. The van der Waals surface area contributed by atoms with E-state index in [9.17, 15) is 28.5 Å². The van der Waals surface area contributed by atoms with Crippen LogP contribution in [0.25, 0.3) is 11.4 Å². The highest BCUT2D eigenvalue weighted by Gasteiger charge is 2.41. The van der Waals surface area contributed by atoms with E-state index in [1.54, 1.807) is 45.2 Å². The molecule has 0 radical (unpaired) electrons. The predicted molar refractivity (Wildman–Crippen MR) is 212 cm³/mol. The first-order valence-corrected chi connectivity index (χ1v) is 21.5. The number of nitrogens with zero attached hydrogens (tertiary/aromatic N) is 5. The fraction of sp³-hybridized carbons (Fsp3) is 0.605. The molecule has 0 spiro atoms. The number of amides is 2. The van der Waals surface area contributed by atoms with Gasteiger partial charge in [-0.2, -0.15) is 0 Å². The zero-order valence-corrected chi connectivity index (χ0v) is 35.7. The minimum absolute atomic E-state index is 0.00956. The number of nitrogens with one attached hydrogen (secondary N) is 1. The molecule has 1 aromatic heterocycles. The van der Waals surface area contributed by atoms with Gasteiger partial charge in [-0.25, -0.2) is 24.4 Å². The maximum absolute atomic E-state index is 14.7. The highest BCUT2D eigenvalue weighted by atomic mass is 31.2. The van der Waals surface area contributed by atoms with Crippen LogP contribution in [0.5, 0.6) is 0 Å². The van der Waals surface area contributed by atoms with Gasteiger partial charge in [0.15, 0.2) is 5.82 Å².